The van der Waals surface area contributed by atoms with E-state index in [0.717, 1.165) is 28.9 Å². The lowest BCUT2D eigenvalue weighted by Crippen LogP contribution is -2.37. The molecule has 0 spiro atoms. The summed E-state index contributed by atoms with van der Waals surface area (Å²) in [5, 5.41) is 16.7. The Kier molecular flexibility index (Phi) is 9.21. The molecule has 1 aromatic carbocycles. The van der Waals surface area contributed by atoms with Gasteiger partial charge in [0, 0.05) is 25.8 Å². The summed E-state index contributed by atoms with van der Waals surface area (Å²) >= 11 is 0.782. The molecule has 41 heavy (non-hydrogen) atoms. The second kappa shape index (κ2) is 12.8. The number of carbonyl (C=O) groups is 2. The number of carbonyl (C=O) groups excluding carboxylic acids is 2. The standard InChI is InChI=1S/C27H26F3N7O3S/c1-2-37-25(40)20(41-26(37)19(12-31)24(39)33-16-27(28,29)30)13-32-21-8-5-9-22(34-21)35-23(38)15-36-11-10-17-6-3-4-7-18(17)14-36/h3-9,13H,2,10-11,14-16H2,1H3,(H,33,39)(H2,32,34,35,38)/b20-13+,26-19-. The lowest BCUT2D eigenvalue weighted by Gasteiger charge is -2.28. The van der Waals surface area contributed by atoms with Gasteiger partial charge in [-0.1, -0.05) is 30.3 Å². The molecule has 1 aliphatic heterocycles. The summed E-state index contributed by atoms with van der Waals surface area (Å²) in [5.41, 5.74) is 1.35. The number of nitriles is 1. The molecule has 0 bridgehead atoms. The van der Waals surface area contributed by atoms with Gasteiger partial charge < -0.3 is 16.0 Å². The van der Waals surface area contributed by atoms with Gasteiger partial charge in [0.15, 0.2) is 5.57 Å². The lowest BCUT2D eigenvalue weighted by molar-refractivity contribution is -0.135. The van der Waals surface area contributed by atoms with E-state index in [2.05, 4.69) is 32.7 Å². The van der Waals surface area contributed by atoms with Crippen molar-refractivity contribution in [2.75, 3.05) is 30.3 Å². The van der Waals surface area contributed by atoms with Gasteiger partial charge in [0.1, 0.15) is 33.4 Å². The number of nitrogens with one attached hydrogen (secondary N) is 3. The highest BCUT2D eigenvalue weighted by Gasteiger charge is 2.29. The molecule has 0 aliphatic carbocycles. The summed E-state index contributed by atoms with van der Waals surface area (Å²) < 4.78 is 38.7. The SMILES string of the molecule is CCn1c(=O)/c(=C\Nc2cccc(NC(=O)CN3CCc4ccccc4C3)n2)s/c1=C(/C#N)C(=O)NCC(F)(F)F. The summed E-state index contributed by atoms with van der Waals surface area (Å²) in [4.78, 5) is 44.2. The van der Waals surface area contributed by atoms with Crippen LogP contribution in [0.3, 0.4) is 0 Å². The zero-order valence-electron chi connectivity index (χ0n) is 21.9. The lowest BCUT2D eigenvalue weighted by atomic mass is 10.00. The minimum atomic E-state index is -4.65. The van der Waals surface area contributed by atoms with Gasteiger partial charge in [0.2, 0.25) is 5.91 Å². The summed E-state index contributed by atoms with van der Waals surface area (Å²) in [6.07, 6.45) is -2.46. The Morgan fingerprint density at radius 2 is 1.88 bits per heavy atom. The van der Waals surface area contributed by atoms with Gasteiger partial charge in [-0.15, -0.1) is 11.3 Å². The van der Waals surface area contributed by atoms with Crippen LogP contribution in [0.5, 0.6) is 0 Å². The predicted octanol–water partition coefficient (Wildman–Crippen LogP) is 1.52. The molecule has 0 fully saturated rings. The Morgan fingerprint density at radius 3 is 2.59 bits per heavy atom. The number of benzene rings is 1. The van der Waals surface area contributed by atoms with Gasteiger partial charge in [0.25, 0.3) is 11.5 Å². The van der Waals surface area contributed by atoms with Crippen molar-refractivity contribution in [2.45, 2.75) is 32.6 Å². The third kappa shape index (κ3) is 7.59. The van der Waals surface area contributed by atoms with E-state index in [4.69, 9.17) is 0 Å². The number of fused-ring (bicyclic) bond motifs is 1. The number of anilines is 2. The van der Waals surface area contributed by atoms with Crippen molar-refractivity contribution in [1.82, 2.24) is 19.8 Å². The highest BCUT2D eigenvalue weighted by molar-refractivity contribution is 7.07. The number of nitrogens with zero attached hydrogens (tertiary/aromatic N) is 4. The first kappa shape index (κ1) is 29.5. The van der Waals surface area contributed by atoms with Crippen LogP contribution in [0.1, 0.15) is 18.1 Å². The molecule has 4 rings (SSSR count). The fraction of sp³-hybridized carbons (Fsp3) is 0.296. The molecule has 0 radical (unpaired) electrons. The first-order valence-electron chi connectivity index (χ1n) is 12.6. The fourth-order valence-electron chi connectivity index (χ4n) is 4.26. The average Bonchev–Trinajstić information content (AvgIpc) is 3.25. The monoisotopic (exact) mass is 585 g/mol. The smallest absolute Gasteiger partial charge is 0.345 e. The van der Waals surface area contributed by atoms with Crippen LogP contribution in [0, 0.1) is 11.3 Å². The van der Waals surface area contributed by atoms with Crippen molar-refractivity contribution >= 4 is 46.6 Å². The minimum Gasteiger partial charge on any atom is -0.345 e. The van der Waals surface area contributed by atoms with E-state index in [-0.39, 0.29) is 28.2 Å². The van der Waals surface area contributed by atoms with E-state index in [1.807, 2.05) is 12.1 Å². The molecule has 1 aliphatic rings. The minimum absolute atomic E-state index is 0.0676. The third-order valence-electron chi connectivity index (χ3n) is 6.17. The van der Waals surface area contributed by atoms with Gasteiger partial charge in [-0.05, 0) is 36.6 Å². The zero-order valence-corrected chi connectivity index (χ0v) is 22.7. The molecule has 0 saturated heterocycles. The van der Waals surface area contributed by atoms with Crippen LogP contribution in [0.15, 0.2) is 47.3 Å². The predicted molar refractivity (Wildman–Crippen MR) is 148 cm³/mol. The van der Waals surface area contributed by atoms with E-state index in [0.29, 0.717) is 18.2 Å². The van der Waals surface area contributed by atoms with Crippen molar-refractivity contribution in [3.05, 3.63) is 73.1 Å². The highest BCUT2D eigenvalue weighted by atomic mass is 32.1. The number of hydrogen-bond acceptors (Lipinski definition) is 8. The average molecular weight is 586 g/mol. The number of alkyl halides is 3. The van der Waals surface area contributed by atoms with Gasteiger partial charge >= 0.3 is 6.18 Å². The van der Waals surface area contributed by atoms with E-state index < -0.39 is 29.8 Å². The van der Waals surface area contributed by atoms with E-state index >= 15 is 0 Å². The normalized spacial score (nSPS) is 14.6. The third-order valence-corrected chi connectivity index (χ3v) is 7.30. The van der Waals surface area contributed by atoms with Crippen LogP contribution in [-0.2, 0) is 29.1 Å². The zero-order chi connectivity index (χ0) is 29.6. The maximum atomic E-state index is 12.9. The second-order valence-corrected chi connectivity index (χ2v) is 10.1. The van der Waals surface area contributed by atoms with E-state index in [9.17, 15) is 32.8 Å². The molecule has 0 atom stereocenters. The number of aromatic nitrogens is 2. The first-order chi connectivity index (χ1) is 19.6. The summed E-state index contributed by atoms with van der Waals surface area (Å²) in [6, 6.07) is 14.6. The summed E-state index contributed by atoms with van der Waals surface area (Å²) in [5.74, 6) is -0.855. The molecule has 14 heteroatoms. The van der Waals surface area contributed by atoms with Crippen LogP contribution in [0.4, 0.5) is 24.8 Å². The van der Waals surface area contributed by atoms with Crippen molar-refractivity contribution < 1.29 is 22.8 Å². The molecule has 2 amide bonds. The number of thiazole rings is 1. The van der Waals surface area contributed by atoms with Crippen LogP contribution in [-0.4, -0.2) is 52.1 Å². The molecular formula is C27H26F3N7O3S. The number of amides is 2. The van der Waals surface area contributed by atoms with Crippen LogP contribution in [0.2, 0.25) is 0 Å². The van der Waals surface area contributed by atoms with Gasteiger partial charge in [-0.3, -0.25) is 23.9 Å². The Morgan fingerprint density at radius 1 is 1.15 bits per heavy atom. The summed E-state index contributed by atoms with van der Waals surface area (Å²) in [6.45, 7) is 1.72. The second-order valence-electron chi connectivity index (χ2n) is 9.08. The largest absolute Gasteiger partial charge is 0.405 e. The number of rotatable bonds is 8. The molecule has 10 nitrogen and oxygen atoms in total. The topological polar surface area (TPSA) is 132 Å². The summed E-state index contributed by atoms with van der Waals surface area (Å²) in [7, 11) is 0. The van der Waals surface area contributed by atoms with Crippen molar-refractivity contribution in [3.8, 4) is 6.07 Å². The first-order valence-corrected chi connectivity index (χ1v) is 13.4. The molecule has 3 N–H and O–H groups in total. The van der Waals surface area contributed by atoms with E-state index in [1.54, 1.807) is 36.5 Å². The molecule has 3 aromatic rings. The Hall–Kier alpha value is -4.48. The molecule has 3 heterocycles. The Bertz CT molecular complexity index is 1670. The van der Waals surface area contributed by atoms with Gasteiger partial charge in [-0.25, -0.2) is 4.98 Å². The maximum absolute atomic E-state index is 12.9. The molecule has 2 aromatic heterocycles. The molecule has 0 unspecified atom stereocenters. The fourth-order valence-corrected chi connectivity index (χ4v) is 5.34. The maximum Gasteiger partial charge on any atom is 0.405 e. The number of halogens is 3. The van der Waals surface area contributed by atoms with Gasteiger partial charge in [0.05, 0.1) is 6.54 Å². The highest BCUT2D eigenvalue weighted by Crippen LogP contribution is 2.18. The molecular weight excluding hydrogens is 559 g/mol. The Labute approximate surface area is 236 Å². The molecule has 0 saturated carbocycles. The quantitative estimate of drug-likeness (QED) is 0.365. The van der Waals surface area contributed by atoms with E-state index in [1.165, 1.54) is 17.3 Å². The van der Waals surface area contributed by atoms with Crippen molar-refractivity contribution in [1.29, 1.82) is 5.26 Å². The number of pyridine rings is 1. The van der Waals surface area contributed by atoms with Crippen LogP contribution < -0.4 is 30.7 Å². The van der Waals surface area contributed by atoms with Crippen LogP contribution in [0.25, 0.3) is 11.8 Å². The Balaban J connectivity index is 1.47. The van der Waals surface area contributed by atoms with Crippen molar-refractivity contribution in [2.24, 2.45) is 0 Å². The van der Waals surface area contributed by atoms with Crippen molar-refractivity contribution in [3.63, 3.8) is 0 Å². The number of hydrogen-bond donors (Lipinski definition) is 3. The molecule has 214 valence electrons. The van der Waals surface area contributed by atoms with Crippen LogP contribution >= 0.6 is 11.3 Å². The van der Waals surface area contributed by atoms with Gasteiger partial charge in [-0.2, -0.15) is 18.4 Å².